The van der Waals surface area contributed by atoms with Gasteiger partial charge in [-0.3, -0.25) is 0 Å². The second kappa shape index (κ2) is 5.19. The third-order valence-electron chi connectivity index (χ3n) is 4.60. The Balaban J connectivity index is 1.72. The summed E-state index contributed by atoms with van der Waals surface area (Å²) >= 11 is 0. The van der Waals surface area contributed by atoms with Crippen molar-refractivity contribution in [1.82, 2.24) is 0 Å². The molecule has 3 heterocycles. The standard InChI is InChI=1S/C19H20O5/c1-10(2)16-18(23-16)15-12(21-9-13-19(3,4)24-13)7-5-11-6-8-14(20)22-17(11)15/h5-8,13,16,18H,1,9H2,2-4H3/t13-,16-,18-/m1/s1. The van der Waals surface area contributed by atoms with E-state index in [4.69, 9.17) is 18.6 Å². The van der Waals surface area contributed by atoms with Gasteiger partial charge in [-0.15, -0.1) is 0 Å². The fourth-order valence-corrected chi connectivity index (χ4v) is 2.97. The molecule has 5 heteroatoms. The Morgan fingerprint density at radius 1 is 1.29 bits per heavy atom. The lowest BCUT2D eigenvalue weighted by Gasteiger charge is -2.11. The monoisotopic (exact) mass is 328 g/mol. The summed E-state index contributed by atoms with van der Waals surface area (Å²) in [5.41, 5.74) is 1.70. The minimum Gasteiger partial charge on any atom is -0.490 e. The van der Waals surface area contributed by atoms with Crippen LogP contribution in [0.5, 0.6) is 5.75 Å². The summed E-state index contributed by atoms with van der Waals surface area (Å²) in [4.78, 5) is 11.7. The maximum Gasteiger partial charge on any atom is 0.336 e. The van der Waals surface area contributed by atoms with Crippen molar-refractivity contribution in [2.24, 2.45) is 0 Å². The molecule has 126 valence electrons. The Morgan fingerprint density at radius 2 is 2.00 bits per heavy atom. The average Bonchev–Trinajstić information content (AvgIpc) is 3.40. The summed E-state index contributed by atoms with van der Waals surface area (Å²) in [6, 6.07) is 6.94. The van der Waals surface area contributed by atoms with Gasteiger partial charge in [0, 0.05) is 11.5 Å². The van der Waals surface area contributed by atoms with Gasteiger partial charge in [-0.1, -0.05) is 6.58 Å². The quantitative estimate of drug-likeness (QED) is 0.478. The molecule has 2 saturated heterocycles. The van der Waals surface area contributed by atoms with Crippen LogP contribution in [0.3, 0.4) is 0 Å². The number of epoxide rings is 2. The van der Waals surface area contributed by atoms with Gasteiger partial charge in [0.25, 0.3) is 0 Å². The first-order chi connectivity index (χ1) is 11.4. The fourth-order valence-electron chi connectivity index (χ4n) is 2.97. The van der Waals surface area contributed by atoms with Gasteiger partial charge in [-0.25, -0.2) is 4.79 Å². The number of benzene rings is 1. The summed E-state index contributed by atoms with van der Waals surface area (Å²) in [7, 11) is 0. The summed E-state index contributed by atoms with van der Waals surface area (Å²) in [6.45, 7) is 10.4. The van der Waals surface area contributed by atoms with Crippen molar-refractivity contribution in [1.29, 1.82) is 0 Å². The number of hydrogen-bond acceptors (Lipinski definition) is 5. The van der Waals surface area contributed by atoms with Gasteiger partial charge in [0.1, 0.15) is 36.3 Å². The van der Waals surface area contributed by atoms with Crippen LogP contribution in [0.4, 0.5) is 0 Å². The third kappa shape index (κ3) is 2.64. The van der Waals surface area contributed by atoms with E-state index in [9.17, 15) is 4.79 Å². The lowest BCUT2D eigenvalue weighted by Crippen LogP contribution is -2.13. The topological polar surface area (TPSA) is 64.5 Å². The summed E-state index contributed by atoms with van der Waals surface area (Å²) in [5, 5.41) is 0.843. The van der Waals surface area contributed by atoms with Crippen LogP contribution in [0.15, 0.2) is 45.6 Å². The SMILES string of the molecule is C=C(C)[C@H]1O[C@@H]1c1c(OC[C@H]2OC2(C)C)ccc2ccc(=O)oc12. The summed E-state index contributed by atoms with van der Waals surface area (Å²) in [5.74, 6) is 0.664. The van der Waals surface area contributed by atoms with Crippen molar-refractivity contribution >= 4 is 11.0 Å². The summed E-state index contributed by atoms with van der Waals surface area (Å²) < 4.78 is 22.7. The van der Waals surface area contributed by atoms with E-state index in [1.807, 2.05) is 32.9 Å². The molecule has 2 aromatic rings. The molecular formula is C19H20O5. The Bertz CT molecular complexity index is 879. The largest absolute Gasteiger partial charge is 0.490 e. The van der Waals surface area contributed by atoms with Crippen LogP contribution in [0.1, 0.15) is 32.4 Å². The molecule has 2 aliphatic heterocycles. The van der Waals surface area contributed by atoms with Gasteiger partial charge in [-0.05, 0) is 44.5 Å². The number of fused-ring (bicyclic) bond motifs is 1. The Labute approximate surface area is 139 Å². The minimum absolute atomic E-state index is 0.0703. The number of ether oxygens (including phenoxy) is 3. The highest BCUT2D eigenvalue weighted by atomic mass is 16.6. The lowest BCUT2D eigenvalue weighted by molar-refractivity contribution is 0.251. The van der Waals surface area contributed by atoms with Crippen molar-refractivity contribution in [2.45, 2.75) is 44.7 Å². The predicted molar refractivity (Wildman–Crippen MR) is 89.4 cm³/mol. The molecule has 0 bridgehead atoms. The van der Waals surface area contributed by atoms with Gasteiger partial charge in [-0.2, -0.15) is 0 Å². The minimum atomic E-state index is -0.389. The molecule has 4 rings (SSSR count). The van der Waals surface area contributed by atoms with Crippen molar-refractivity contribution in [3.63, 3.8) is 0 Å². The summed E-state index contributed by atoms with van der Waals surface area (Å²) in [6.07, 6.45) is -0.196. The van der Waals surface area contributed by atoms with Crippen LogP contribution in [0.25, 0.3) is 11.0 Å². The molecule has 1 aromatic carbocycles. The Hall–Kier alpha value is -2.11. The fraction of sp³-hybridized carbons (Fsp3) is 0.421. The van der Waals surface area contributed by atoms with Gasteiger partial charge in [0.2, 0.25) is 0 Å². The Morgan fingerprint density at radius 3 is 2.62 bits per heavy atom. The second-order valence-electron chi connectivity index (χ2n) is 6.99. The first kappa shape index (κ1) is 15.4. The van der Waals surface area contributed by atoms with Crippen LogP contribution in [0, 0.1) is 0 Å². The molecule has 0 N–H and O–H groups in total. The maximum atomic E-state index is 11.7. The van der Waals surface area contributed by atoms with E-state index >= 15 is 0 Å². The van der Waals surface area contributed by atoms with Crippen molar-refractivity contribution < 1.29 is 18.6 Å². The smallest absolute Gasteiger partial charge is 0.336 e. The predicted octanol–water partition coefficient (Wildman–Crippen LogP) is 3.37. The zero-order valence-corrected chi connectivity index (χ0v) is 14.0. The highest BCUT2D eigenvalue weighted by Crippen LogP contribution is 2.49. The van der Waals surface area contributed by atoms with E-state index in [0.717, 1.165) is 16.5 Å². The van der Waals surface area contributed by atoms with E-state index in [-0.39, 0.29) is 29.5 Å². The third-order valence-corrected chi connectivity index (χ3v) is 4.60. The molecule has 5 nitrogen and oxygen atoms in total. The van der Waals surface area contributed by atoms with Gasteiger partial charge < -0.3 is 18.6 Å². The van der Waals surface area contributed by atoms with Crippen molar-refractivity contribution in [3.05, 3.63) is 52.4 Å². The normalized spacial score (nSPS) is 27.0. The molecular weight excluding hydrogens is 308 g/mol. The first-order valence-corrected chi connectivity index (χ1v) is 8.05. The average molecular weight is 328 g/mol. The molecule has 0 saturated carbocycles. The molecule has 2 fully saturated rings. The number of rotatable bonds is 5. The van der Waals surface area contributed by atoms with Gasteiger partial charge in [0.05, 0.1) is 11.2 Å². The molecule has 2 aliphatic rings. The first-order valence-electron chi connectivity index (χ1n) is 8.05. The maximum absolute atomic E-state index is 11.7. The van der Waals surface area contributed by atoms with Crippen LogP contribution < -0.4 is 10.4 Å². The van der Waals surface area contributed by atoms with Gasteiger partial charge in [0.15, 0.2) is 0 Å². The van der Waals surface area contributed by atoms with Crippen LogP contribution in [-0.2, 0) is 9.47 Å². The van der Waals surface area contributed by atoms with E-state index < -0.39 is 0 Å². The van der Waals surface area contributed by atoms with E-state index in [2.05, 4.69) is 6.58 Å². The molecule has 0 amide bonds. The van der Waals surface area contributed by atoms with Crippen LogP contribution in [-0.4, -0.2) is 24.4 Å². The van der Waals surface area contributed by atoms with Crippen LogP contribution in [0.2, 0.25) is 0 Å². The van der Waals surface area contributed by atoms with E-state index in [1.165, 1.54) is 6.07 Å². The highest BCUT2D eigenvalue weighted by molar-refractivity contribution is 5.83. The molecule has 0 aliphatic carbocycles. The molecule has 0 spiro atoms. The van der Waals surface area contributed by atoms with E-state index in [1.54, 1.807) is 6.07 Å². The number of hydrogen-bond donors (Lipinski definition) is 0. The lowest BCUT2D eigenvalue weighted by atomic mass is 10.0. The Kier molecular flexibility index (Phi) is 3.34. The zero-order chi connectivity index (χ0) is 17.1. The molecule has 24 heavy (non-hydrogen) atoms. The van der Waals surface area contributed by atoms with Crippen molar-refractivity contribution in [3.8, 4) is 5.75 Å². The molecule has 0 radical (unpaired) electrons. The molecule has 3 atom stereocenters. The van der Waals surface area contributed by atoms with Gasteiger partial charge >= 0.3 is 5.63 Å². The van der Waals surface area contributed by atoms with Crippen molar-refractivity contribution in [2.75, 3.05) is 6.61 Å². The second-order valence-corrected chi connectivity index (χ2v) is 6.99. The van der Waals surface area contributed by atoms with Crippen LogP contribution >= 0.6 is 0 Å². The zero-order valence-electron chi connectivity index (χ0n) is 14.0. The molecule has 1 aromatic heterocycles. The highest BCUT2D eigenvalue weighted by Gasteiger charge is 2.49. The molecule has 0 unspecified atom stereocenters. The van der Waals surface area contributed by atoms with E-state index in [0.29, 0.717) is 17.9 Å².